The van der Waals surface area contributed by atoms with Gasteiger partial charge in [-0.1, -0.05) is 0 Å². The van der Waals surface area contributed by atoms with Crippen LogP contribution in [0.2, 0.25) is 0 Å². The number of halogens is 3. The van der Waals surface area contributed by atoms with Crippen molar-refractivity contribution in [2.45, 2.75) is 25.1 Å². The van der Waals surface area contributed by atoms with Gasteiger partial charge in [0.1, 0.15) is 6.29 Å². The maximum Gasteiger partial charge on any atom is 0.418 e. The SMILES string of the molecule is CN(CC1CCCO1)c1ccc(C=O)cc1C(F)(F)F. The van der Waals surface area contributed by atoms with Gasteiger partial charge >= 0.3 is 6.18 Å². The maximum absolute atomic E-state index is 13.1. The summed E-state index contributed by atoms with van der Waals surface area (Å²) in [6.45, 7) is 1.07. The normalized spacial score (nSPS) is 19.1. The molecule has 1 aliphatic rings. The van der Waals surface area contributed by atoms with E-state index in [9.17, 15) is 18.0 Å². The van der Waals surface area contributed by atoms with Gasteiger partial charge in [0.15, 0.2) is 0 Å². The Bertz CT molecular complexity index is 482. The van der Waals surface area contributed by atoms with Crippen LogP contribution in [0.3, 0.4) is 0 Å². The van der Waals surface area contributed by atoms with Crippen LogP contribution in [0.25, 0.3) is 0 Å². The van der Waals surface area contributed by atoms with Crippen LogP contribution >= 0.6 is 0 Å². The summed E-state index contributed by atoms with van der Waals surface area (Å²) < 4.78 is 44.6. The third-order valence-corrected chi connectivity index (χ3v) is 3.37. The van der Waals surface area contributed by atoms with Gasteiger partial charge in [-0.3, -0.25) is 4.79 Å². The van der Waals surface area contributed by atoms with Crippen LogP contribution in [-0.2, 0) is 10.9 Å². The number of rotatable bonds is 4. The second-order valence-electron chi connectivity index (χ2n) is 4.91. The molecule has 1 aromatic carbocycles. The molecule has 1 aliphatic heterocycles. The van der Waals surface area contributed by atoms with Crippen molar-refractivity contribution in [2.24, 2.45) is 0 Å². The second kappa shape index (κ2) is 5.83. The van der Waals surface area contributed by atoms with E-state index in [2.05, 4.69) is 0 Å². The molecule has 1 saturated heterocycles. The molecular formula is C14H16F3NO2. The van der Waals surface area contributed by atoms with E-state index in [4.69, 9.17) is 4.74 Å². The topological polar surface area (TPSA) is 29.5 Å². The first kappa shape index (κ1) is 14.8. The van der Waals surface area contributed by atoms with E-state index in [0.29, 0.717) is 19.4 Å². The lowest BCUT2D eigenvalue weighted by atomic mass is 10.1. The van der Waals surface area contributed by atoms with Crippen LogP contribution < -0.4 is 4.90 Å². The average Bonchev–Trinajstić information content (AvgIpc) is 2.89. The van der Waals surface area contributed by atoms with Crippen molar-refractivity contribution in [2.75, 3.05) is 25.1 Å². The largest absolute Gasteiger partial charge is 0.418 e. The summed E-state index contributed by atoms with van der Waals surface area (Å²) in [5.41, 5.74) is -0.701. The van der Waals surface area contributed by atoms with E-state index >= 15 is 0 Å². The highest BCUT2D eigenvalue weighted by Gasteiger charge is 2.35. The van der Waals surface area contributed by atoms with E-state index in [0.717, 1.165) is 18.9 Å². The molecule has 0 saturated carbocycles. The fourth-order valence-electron chi connectivity index (χ4n) is 2.38. The number of aldehydes is 1. The monoisotopic (exact) mass is 287 g/mol. The van der Waals surface area contributed by atoms with Gasteiger partial charge in [0.25, 0.3) is 0 Å². The van der Waals surface area contributed by atoms with E-state index < -0.39 is 11.7 Å². The van der Waals surface area contributed by atoms with Crippen molar-refractivity contribution < 1.29 is 22.7 Å². The summed E-state index contributed by atoms with van der Waals surface area (Å²) >= 11 is 0. The van der Waals surface area contributed by atoms with Gasteiger partial charge in [0, 0.05) is 31.5 Å². The predicted octanol–water partition coefficient (Wildman–Crippen LogP) is 3.13. The third-order valence-electron chi connectivity index (χ3n) is 3.37. The van der Waals surface area contributed by atoms with Crippen LogP contribution in [0.4, 0.5) is 18.9 Å². The number of ether oxygens (including phenoxy) is 1. The minimum Gasteiger partial charge on any atom is -0.376 e. The molecule has 110 valence electrons. The molecule has 6 heteroatoms. The summed E-state index contributed by atoms with van der Waals surface area (Å²) in [5, 5.41) is 0. The summed E-state index contributed by atoms with van der Waals surface area (Å²) in [5.74, 6) is 0. The number of hydrogen-bond acceptors (Lipinski definition) is 3. The Morgan fingerprint density at radius 3 is 2.75 bits per heavy atom. The molecule has 1 heterocycles. The summed E-state index contributed by atoms with van der Waals surface area (Å²) in [6, 6.07) is 3.61. The molecule has 0 N–H and O–H groups in total. The molecule has 0 spiro atoms. The molecular weight excluding hydrogens is 271 g/mol. The first-order valence-corrected chi connectivity index (χ1v) is 6.41. The molecule has 0 bridgehead atoms. The van der Waals surface area contributed by atoms with E-state index in [1.54, 1.807) is 7.05 Å². The predicted molar refractivity (Wildman–Crippen MR) is 69.1 cm³/mol. The number of anilines is 1. The van der Waals surface area contributed by atoms with Gasteiger partial charge < -0.3 is 9.64 Å². The Morgan fingerprint density at radius 2 is 2.20 bits per heavy atom. The number of hydrogen-bond donors (Lipinski definition) is 0. The Kier molecular flexibility index (Phi) is 4.32. The van der Waals surface area contributed by atoms with E-state index in [1.807, 2.05) is 0 Å². The van der Waals surface area contributed by atoms with Crippen molar-refractivity contribution in [1.29, 1.82) is 0 Å². The van der Waals surface area contributed by atoms with Crippen LogP contribution in [0.1, 0.15) is 28.8 Å². The van der Waals surface area contributed by atoms with Crippen molar-refractivity contribution in [3.8, 4) is 0 Å². The Labute approximate surface area is 115 Å². The zero-order chi connectivity index (χ0) is 14.8. The van der Waals surface area contributed by atoms with Crippen LogP contribution in [0, 0.1) is 0 Å². The number of alkyl halides is 3. The number of benzene rings is 1. The fraction of sp³-hybridized carbons (Fsp3) is 0.500. The zero-order valence-corrected chi connectivity index (χ0v) is 11.1. The number of nitrogens with zero attached hydrogens (tertiary/aromatic N) is 1. The van der Waals surface area contributed by atoms with Crippen LogP contribution in [-0.4, -0.2) is 32.6 Å². The van der Waals surface area contributed by atoms with Crippen molar-refractivity contribution in [3.63, 3.8) is 0 Å². The van der Waals surface area contributed by atoms with Gasteiger partial charge in [-0.05, 0) is 31.0 Å². The lowest BCUT2D eigenvalue weighted by Crippen LogP contribution is -2.30. The molecule has 2 rings (SSSR count). The van der Waals surface area contributed by atoms with E-state index in [1.165, 1.54) is 17.0 Å². The quantitative estimate of drug-likeness (QED) is 0.797. The van der Waals surface area contributed by atoms with Gasteiger partial charge in [0.2, 0.25) is 0 Å². The van der Waals surface area contributed by atoms with Crippen LogP contribution in [0.5, 0.6) is 0 Å². The molecule has 1 atom stereocenters. The molecule has 3 nitrogen and oxygen atoms in total. The summed E-state index contributed by atoms with van der Waals surface area (Å²) in [7, 11) is 1.60. The summed E-state index contributed by atoms with van der Waals surface area (Å²) in [6.07, 6.45) is -2.31. The van der Waals surface area contributed by atoms with Gasteiger partial charge in [-0.2, -0.15) is 13.2 Å². The molecule has 1 unspecified atom stereocenters. The highest BCUT2D eigenvalue weighted by molar-refractivity contribution is 5.77. The molecule has 1 aromatic rings. The smallest absolute Gasteiger partial charge is 0.376 e. The molecule has 1 fully saturated rings. The van der Waals surface area contributed by atoms with E-state index in [-0.39, 0.29) is 17.4 Å². The zero-order valence-electron chi connectivity index (χ0n) is 11.1. The Morgan fingerprint density at radius 1 is 1.45 bits per heavy atom. The van der Waals surface area contributed by atoms with Crippen molar-refractivity contribution >= 4 is 12.0 Å². The lowest BCUT2D eigenvalue weighted by molar-refractivity contribution is -0.137. The van der Waals surface area contributed by atoms with Crippen molar-refractivity contribution in [3.05, 3.63) is 29.3 Å². The second-order valence-corrected chi connectivity index (χ2v) is 4.91. The number of carbonyl (C=O) groups is 1. The number of likely N-dealkylation sites (N-methyl/N-ethyl adjacent to an activating group) is 1. The molecule has 0 aliphatic carbocycles. The van der Waals surface area contributed by atoms with Gasteiger partial charge in [-0.25, -0.2) is 0 Å². The highest BCUT2D eigenvalue weighted by Crippen LogP contribution is 2.37. The maximum atomic E-state index is 13.1. The lowest BCUT2D eigenvalue weighted by Gasteiger charge is -2.26. The minimum atomic E-state index is -4.49. The first-order chi connectivity index (χ1) is 9.41. The summed E-state index contributed by atoms with van der Waals surface area (Å²) in [4.78, 5) is 12.2. The fourth-order valence-corrected chi connectivity index (χ4v) is 2.38. The van der Waals surface area contributed by atoms with Gasteiger partial charge in [-0.15, -0.1) is 0 Å². The van der Waals surface area contributed by atoms with Crippen molar-refractivity contribution in [1.82, 2.24) is 0 Å². The molecule has 0 radical (unpaired) electrons. The molecule has 0 aromatic heterocycles. The number of carbonyl (C=O) groups excluding carboxylic acids is 1. The van der Waals surface area contributed by atoms with Gasteiger partial charge in [0.05, 0.1) is 11.7 Å². The molecule has 20 heavy (non-hydrogen) atoms. The third kappa shape index (κ3) is 3.30. The Balaban J connectivity index is 2.26. The standard InChI is InChI=1S/C14H16F3NO2/c1-18(8-11-3-2-6-20-11)13-5-4-10(9-19)7-12(13)14(15,16)17/h4-5,7,9,11H,2-3,6,8H2,1H3. The molecule has 0 amide bonds. The first-order valence-electron chi connectivity index (χ1n) is 6.41. The van der Waals surface area contributed by atoms with Crippen LogP contribution in [0.15, 0.2) is 18.2 Å². The average molecular weight is 287 g/mol. The Hall–Kier alpha value is -1.56. The highest BCUT2D eigenvalue weighted by atomic mass is 19.4. The minimum absolute atomic E-state index is 0.0200.